The molecule has 28 heavy (non-hydrogen) atoms. The molecule has 0 aliphatic carbocycles. The molecule has 2 heterocycles. The van der Waals surface area contributed by atoms with Crippen LogP contribution in [0.2, 0.25) is 0 Å². The lowest BCUT2D eigenvalue weighted by Gasteiger charge is -2.26. The fourth-order valence-electron chi connectivity index (χ4n) is 3.52. The molecule has 0 amide bonds. The molecule has 1 aliphatic heterocycles. The first-order chi connectivity index (χ1) is 13.2. The number of para-hydroxylation sites is 1. The Balaban J connectivity index is 0.00000280. The van der Waals surface area contributed by atoms with E-state index in [1.54, 1.807) is 6.33 Å². The molecule has 7 nitrogen and oxygen atoms in total. The van der Waals surface area contributed by atoms with Gasteiger partial charge in [-0.05, 0) is 31.9 Å². The van der Waals surface area contributed by atoms with Gasteiger partial charge in [0.2, 0.25) is 0 Å². The summed E-state index contributed by atoms with van der Waals surface area (Å²) in [5.74, 6) is 1.88. The molecule has 1 aromatic heterocycles. The minimum atomic E-state index is 0. The SMILES string of the molecule is CCNC(=NCC(C)N1CCc2ccccc21)NCCn1cnnc1CC.I. The largest absolute Gasteiger partial charge is 0.366 e. The Bertz CT molecular complexity index is 759. The molecule has 1 unspecified atom stereocenters. The fourth-order valence-corrected chi connectivity index (χ4v) is 3.52. The van der Waals surface area contributed by atoms with Crippen LogP contribution in [0.1, 0.15) is 32.2 Å². The van der Waals surface area contributed by atoms with E-state index in [1.165, 1.54) is 11.3 Å². The average Bonchev–Trinajstić information content (AvgIpc) is 3.32. The molecule has 0 fully saturated rings. The number of nitrogens with zero attached hydrogens (tertiary/aromatic N) is 5. The van der Waals surface area contributed by atoms with Crippen LogP contribution >= 0.6 is 24.0 Å². The number of aryl methyl sites for hydroxylation is 1. The van der Waals surface area contributed by atoms with Crippen molar-refractivity contribution in [1.29, 1.82) is 0 Å². The quantitative estimate of drug-likeness (QED) is 0.333. The summed E-state index contributed by atoms with van der Waals surface area (Å²) >= 11 is 0. The highest BCUT2D eigenvalue weighted by atomic mass is 127. The van der Waals surface area contributed by atoms with Crippen molar-refractivity contribution in [2.24, 2.45) is 4.99 Å². The van der Waals surface area contributed by atoms with Crippen molar-refractivity contribution in [3.8, 4) is 0 Å². The molecule has 1 aliphatic rings. The van der Waals surface area contributed by atoms with Crippen LogP contribution in [0.5, 0.6) is 0 Å². The van der Waals surface area contributed by atoms with Crippen molar-refractivity contribution >= 4 is 35.6 Å². The summed E-state index contributed by atoms with van der Waals surface area (Å²) in [7, 11) is 0. The Morgan fingerprint density at radius 2 is 2.07 bits per heavy atom. The van der Waals surface area contributed by atoms with Gasteiger partial charge in [0.05, 0.1) is 6.54 Å². The van der Waals surface area contributed by atoms with Crippen LogP contribution < -0.4 is 15.5 Å². The third kappa shape index (κ3) is 5.59. The summed E-state index contributed by atoms with van der Waals surface area (Å²) in [6.07, 6.45) is 3.81. The molecule has 1 atom stereocenters. The number of hydrogen-bond acceptors (Lipinski definition) is 4. The molecule has 0 spiro atoms. The van der Waals surface area contributed by atoms with Crippen LogP contribution in [0, 0.1) is 0 Å². The van der Waals surface area contributed by atoms with Gasteiger partial charge in [-0.3, -0.25) is 4.99 Å². The summed E-state index contributed by atoms with van der Waals surface area (Å²) in [5, 5.41) is 14.9. The van der Waals surface area contributed by atoms with Gasteiger partial charge in [-0.25, -0.2) is 0 Å². The smallest absolute Gasteiger partial charge is 0.191 e. The van der Waals surface area contributed by atoms with Gasteiger partial charge in [0.15, 0.2) is 5.96 Å². The van der Waals surface area contributed by atoms with Crippen LogP contribution in [0.4, 0.5) is 5.69 Å². The lowest BCUT2D eigenvalue weighted by molar-refractivity contribution is 0.626. The predicted octanol–water partition coefficient (Wildman–Crippen LogP) is 2.46. The maximum absolute atomic E-state index is 4.80. The monoisotopic (exact) mass is 497 g/mol. The van der Waals surface area contributed by atoms with Gasteiger partial charge >= 0.3 is 0 Å². The molecule has 1 aromatic carbocycles. The van der Waals surface area contributed by atoms with E-state index in [1.807, 2.05) is 0 Å². The molecule has 2 aromatic rings. The first-order valence-electron chi connectivity index (χ1n) is 9.96. The number of benzene rings is 1. The third-order valence-electron chi connectivity index (χ3n) is 4.97. The van der Waals surface area contributed by atoms with Crippen molar-refractivity contribution in [2.45, 2.75) is 46.2 Å². The fraction of sp³-hybridized carbons (Fsp3) is 0.550. The molecular formula is C20H32IN7. The Kier molecular flexibility index (Phi) is 9.01. The van der Waals surface area contributed by atoms with E-state index in [-0.39, 0.29) is 24.0 Å². The molecule has 3 rings (SSSR count). The minimum Gasteiger partial charge on any atom is -0.366 e. The first kappa shape index (κ1) is 22.4. The number of rotatable bonds is 8. The van der Waals surface area contributed by atoms with Gasteiger partial charge in [-0.1, -0.05) is 25.1 Å². The van der Waals surface area contributed by atoms with E-state index in [0.29, 0.717) is 6.04 Å². The van der Waals surface area contributed by atoms with E-state index in [0.717, 1.165) is 57.3 Å². The lowest BCUT2D eigenvalue weighted by atomic mass is 10.2. The van der Waals surface area contributed by atoms with Gasteiger partial charge in [-0.15, -0.1) is 34.2 Å². The summed E-state index contributed by atoms with van der Waals surface area (Å²) < 4.78 is 2.08. The molecule has 0 radical (unpaired) electrons. The summed E-state index contributed by atoms with van der Waals surface area (Å²) in [4.78, 5) is 7.27. The van der Waals surface area contributed by atoms with Crippen molar-refractivity contribution in [1.82, 2.24) is 25.4 Å². The average molecular weight is 497 g/mol. The van der Waals surface area contributed by atoms with Crippen LogP contribution in [-0.4, -0.2) is 52.9 Å². The predicted molar refractivity (Wildman–Crippen MR) is 126 cm³/mol. The molecule has 0 bridgehead atoms. The Hall–Kier alpha value is -1.84. The topological polar surface area (TPSA) is 70.4 Å². The van der Waals surface area contributed by atoms with Gasteiger partial charge in [0.25, 0.3) is 0 Å². The maximum atomic E-state index is 4.80. The van der Waals surface area contributed by atoms with Crippen molar-refractivity contribution in [2.75, 3.05) is 31.1 Å². The zero-order chi connectivity index (χ0) is 19.1. The van der Waals surface area contributed by atoms with E-state index < -0.39 is 0 Å². The summed E-state index contributed by atoms with van der Waals surface area (Å²) in [5.41, 5.74) is 2.80. The zero-order valence-electron chi connectivity index (χ0n) is 17.1. The number of fused-ring (bicyclic) bond motifs is 1. The maximum Gasteiger partial charge on any atom is 0.191 e. The number of guanidine groups is 1. The molecule has 0 saturated carbocycles. The highest BCUT2D eigenvalue weighted by molar-refractivity contribution is 14.0. The second kappa shape index (κ2) is 11.2. The van der Waals surface area contributed by atoms with Crippen molar-refractivity contribution in [3.05, 3.63) is 42.0 Å². The summed E-state index contributed by atoms with van der Waals surface area (Å²) in [6, 6.07) is 9.06. The lowest BCUT2D eigenvalue weighted by Crippen LogP contribution is -2.41. The number of aromatic nitrogens is 3. The zero-order valence-corrected chi connectivity index (χ0v) is 19.4. The Morgan fingerprint density at radius 1 is 1.25 bits per heavy atom. The Morgan fingerprint density at radius 3 is 2.86 bits per heavy atom. The molecule has 0 saturated heterocycles. The Labute approximate surface area is 185 Å². The standard InChI is InChI=1S/C20H31N7.HI/c1-4-19-25-24-15-26(19)13-11-22-20(21-5-2)23-14-16(3)27-12-10-17-8-6-7-9-18(17)27;/h6-9,15-16H,4-5,10-14H2,1-3H3,(H2,21,22,23);1H. The van der Waals surface area contributed by atoms with Gasteiger partial charge in [-0.2, -0.15) is 0 Å². The molecule has 154 valence electrons. The molecule has 2 N–H and O–H groups in total. The highest BCUT2D eigenvalue weighted by Crippen LogP contribution is 2.29. The van der Waals surface area contributed by atoms with E-state index in [9.17, 15) is 0 Å². The van der Waals surface area contributed by atoms with Crippen molar-refractivity contribution < 1.29 is 0 Å². The first-order valence-corrected chi connectivity index (χ1v) is 9.96. The molecular weight excluding hydrogens is 465 g/mol. The molecule has 8 heteroatoms. The second-order valence-corrected chi connectivity index (χ2v) is 6.86. The van der Waals surface area contributed by atoms with Crippen LogP contribution in [0.3, 0.4) is 0 Å². The van der Waals surface area contributed by atoms with E-state index >= 15 is 0 Å². The number of halogens is 1. The third-order valence-corrected chi connectivity index (χ3v) is 4.97. The van der Waals surface area contributed by atoms with E-state index in [4.69, 9.17) is 4.99 Å². The number of anilines is 1. The van der Waals surface area contributed by atoms with Crippen LogP contribution in [-0.2, 0) is 19.4 Å². The normalized spacial score (nSPS) is 14.4. The van der Waals surface area contributed by atoms with Crippen LogP contribution in [0.25, 0.3) is 0 Å². The van der Waals surface area contributed by atoms with Gasteiger partial charge in [0, 0.05) is 44.3 Å². The van der Waals surface area contributed by atoms with Gasteiger partial charge < -0.3 is 20.1 Å². The minimum absolute atomic E-state index is 0. The highest BCUT2D eigenvalue weighted by Gasteiger charge is 2.22. The number of nitrogens with one attached hydrogen (secondary N) is 2. The van der Waals surface area contributed by atoms with Crippen molar-refractivity contribution in [3.63, 3.8) is 0 Å². The van der Waals surface area contributed by atoms with Crippen LogP contribution in [0.15, 0.2) is 35.6 Å². The number of aliphatic imine (C=N–C) groups is 1. The summed E-state index contributed by atoms with van der Waals surface area (Å²) in [6.45, 7) is 10.7. The number of hydrogen-bond donors (Lipinski definition) is 2. The van der Waals surface area contributed by atoms with E-state index in [2.05, 4.69) is 75.3 Å². The van der Waals surface area contributed by atoms with Gasteiger partial charge in [0.1, 0.15) is 12.2 Å². The second-order valence-electron chi connectivity index (χ2n) is 6.86.